The third-order valence-corrected chi connectivity index (χ3v) is 9.06. The van der Waals surface area contributed by atoms with Gasteiger partial charge in [-0.05, 0) is 103 Å². The Morgan fingerprint density at radius 3 is 2.24 bits per heavy atom. The minimum absolute atomic E-state index is 0.0643. The lowest BCUT2D eigenvalue weighted by Gasteiger charge is -2.24. The van der Waals surface area contributed by atoms with Gasteiger partial charge in [-0.1, -0.05) is 30.3 Å². The molecule has 1 aliphatic heterocycles. The Labute approximate surface area is 218 Å². The molecule has 5 rings (SSSR count). The van der Waals surface area contributed by atoms with Crippen LogP contribution in [0, 0.1) is 19.8 Å². The van der Waals surface area contributed by atoms with E-state index in [1.54, 1.807) is 0 Å². The molecule has 1 saturated carbocycles. The average molecular weight is 521 g/mol. The van der Waals surface area contributed by atoms with Gasteiger partial charge in [0.15, 0.2) is 9.84 Å². The molecule has 194 valence electrons. The summed E-state index contributed by atoms with van der Waals surface area (Å²) in [6, 6.07) is 20.1. The Morgan fingerprint density at radius 2 is 1.62 bits per heavy atom. The zero-order valence-electron chi connectivity index (χ0n) is 21.1. The minimum Gasteiger partial charge on any atom is -0.490 e. The van der Waals surface area contributed by atoms with E-state index in [0.717, 1.165) is 44.9 Å². The highest BCUT2D eigenvalue weighted by molar-refractivity contribution is 7.91. The van der Waals surface area contributed by atoms with Gasteiger partial charge in [-0.3, -0.25) is 4.79 Å². The molecular weight excluding hydrogens is 488 g/mol. The Bertz CT molecular complexity index is 1370. The van der Waals surface area contributed by atoms with E-state index in [-0.39, 0.29) is 29.4 Å². The van der Waals surface area contributed by atoms with Crippen molar-refractivity contribution in [2.24, 2.45) is 5.92 Å². The number of aliphatic carboxylic acids is 1. The van der Waals surface area contributed by atoms with Crippen molar-refractivity contribution in [3.63, 3.8) is 0 Å². The summed E-state index contributed by atoms with van der Waals surface area (Å²) in [6.07, 6.45) is 1.72. The lowest BCUT2D eigenvalue weighted by atomic mass is 9.94. The summed E-state index contributed by atoms with van der Waals surface area (Å²) in [7, 11) is -2.91. The highest BCUT2D eigenvalue weighted by Crippen LogP contribution is 2.47. The molecular formula is C30H32O6S. The van der Waals surface area contributed by atoms with Crippen LogP contribution in [0.4, 0.5) is 0 Å². The molecule has 37 heavy (non-hydrogen) atoms. The van der Waals surface area contributed by atoms with Gasteiger partial charge in [0.1, 0.15) is 24.2 Å². The molecule has 0 spiro atoms. The van der Waals surface area contributed by atoms with E-state index >= 15 is 0 Å². The zero-order chi connectivity index (χ0) is 26.2. The first-order valence-electron chi connectivity index (χ1n) is 12.7. The normalized spacial score (nSPS) is 20.8. The minimum atomic E-state index is -2.91. The van der Waals surface area contributed by atoms with Crippen LogP contribution in [0.5, 0.6) is 11.5 Å². The SMILES string of the molecule is Cc1cc(OC2CCS(=O)(=O)CC2)cc(C)c1-c1cccc(COc2ccc(C3CC3C(=O)O)cc2)c1. The smallest absolute Gasteiger partial charge is 0.307 e. The van der Waals surface area contributed by atoms with Gasteiger partial charge in [-0.25, -0.2) is 8.42 Å². The summed E-state index contributed by atoms with van der Waals surface area (Å²) in [5, 5.41) is 9.14. The van der Waals surface area contributed by atoms with Crippen LogP contribution in [0.15, 0.2) is 60.7 Å². The second-order valence-corrected chi connectivity index (χ2v) is 12.5. The lowest BCUT2D eigenvalue weighted by molar-refractivity contribution is -0.138. The van der Waals surface area contributed by atoms with Crippen molar-refractivity contribution in [2.75, 3.05) is 11.5 Å². The van der Waals surface area contributed by atoms with Crippen molar-refractivity contribution < 1.29 is 27.8 Å². The highest BCUT2D eigenvalue weighted by atomic mass is 32.2. The maximum Gasteiger partial charge on any atom is 0.307 e. The van der Waals surface area contributed by atoms with Crippen LogP contribution < -0.4 is 9.47 Å². The van der Waals surface area contributed by atoms with Crippen molar-refractivity contribution in [1.82, 2.24) is 0 Å². The van der Waals surface area contributed by atoms with E-state index in [9.17, 15) is 13.2 Å². The van der Waals surface area contributed by atoms with Crippen LogP contribution in [0.25, 0.3) is 11.1 Å². The van der Waals surface area contributed by atoms with Crippen LogP contribution in [0.2, 0.25) is 0 Å². The zero-order valence-corrected chi connectivity index (χ0v) is 22.0. The van der Waals surface area contributed by atoms with E-state index < -0.39 is 15.8 Å². The number of carboxylic acids is 1. The molecule has 3 aromatic rings. The number of sulfone groups is 1. The number of hydrogen-bond donors (Lipinski definition) is 1. The standard InChI is InChI=1S/C30H32O6S/c1-19-14-26(36-25-10-12-37(33,34)13-11-25)15-20(2)29(19)23-5-3-4-21(16-23)18-35-24-8-6-22(7-9-24)27-17-28(27)30(31)32/h3-9,14-16,25,27-28H,10-13,17-18H2,1-2H3,(H,31,32). The van der Waals surface area contributed by atoms with E-state index in [2.05, 4.69) is 26.0 Å². The Morgan fingerprint density at radius 1 is 0.946 bits per heavy atom. The number of rotatable bonds is 8. The summed E-state index contributed by atoms with van der Waals surface area (Å²) in [5.41, 5.74) is 6.57. The maximum absolute atomic E-state index is 11.7. The molecule has 2 atom stereocenters. The second-order valence-electron chi connectivity index (χ2n) is 10.2. The fourth-order valence-corrected chi connectivity index (χ4v) is 6.70. The molecule has 2 unspecified atom stereocenters. The van der Waals surface area contributed by atoms with Gasteiger partial charge in [-0.2, -0.15) is 0 Å². The summed E-state index contributed by atoms with van der Waals surface area (Å²) < 4.78 is 35.6. The molecule has 2 aliphatic rings. The predicted octanol–water partition coefficient (Wildman–Crippen LogP) is 5.69. The molecule has 0 bridgehead atoms. The number of carboxylic acid groups (broad SMARTS) is 1. The summed E-state index contributed by atoms with van der Waals surface area (Å²) in [6.45, 7) is 4.57. The molecule has 6 nitrogen and oxygen atoms in total. The van der Waals surface area contributed by atoms with Gasteiger partial charge in [0.05, 0.1) is 17.4 Å². The summed E-state index contributed by atoms with van der Waals surface area (Å²) in [5.74, 6) is 1.06. The van der Waals surface area contributed by atoms with Crippen molar-refractivity contribution in [1.29, 1.82) is 0 Å². The number of carbonyl (C=O) groups is 1. The van der Waals surface area contributed by atoms with Crippen molar-refractivity contribution in [3.8, 4) is 22.6 Å². The van der Waals surface area contributed by atoms with Crippen LogP contribution in [0.3, 0.4) is 0 Å². The average Bonchev–Trinajstić information content (AvgIpc) is 3.66. The number of ether oxygens (including phenoxy) is 2. The molecule has 2 fully saturated rings. The van der Waals surface area contributed by atoms with E-state index in [4.69, 9.17) is 14.6 Å². The molecule has 0 aromatic heterocycles. The maximum atomic E-state index is 11.7. The van der Waals surface area contributed by atoms with Crippen LogP contribution >= 0.6 is 0 Å². The van der Waals surface area contributed by atoms with Gasteiger partial charge in [0.2, 0.25) is 0 Å². The topological polar surface area (TPSA) is 89.9 Å². The quantitative estimate of drug-likeness (QED) is 0.410. The van der Waals surface area contributed by atoms with Crippen molar-refractivity contribution in [2.45, 2.75) is 51.7 Å². The molecule has 1 N–H and O–H groups in total. The van der Waals surface area contributed by atoms with Crippen LogP contribution in [-0.4, -0.2) is 37.1 Å². The Hall–Kier alpha value is -3.32. The van der Waals surface area contributed by atoms with Crippen molar-refractivity contribution in [3.05, 3.63) is 82.9 Å². The number of hydrogen-bond acceptors (Lipinski definition) is 5. The predicted molar refractivity (Wildman–Crippen MR) is 143 cm³/mol. The van der Waals surface area contributed by atoms with Gasteiger partial charge < -0.3 is 14.6 Å². The van der Waals surface area contributed by atoms with Gasteiger partial charge in [0.25, 0.3) is 0 Å². The van der Waals surface area contributed by atoms with Gasteiger partial charge in [0, 0.05) is 0 Å². The fraction of sp³-hybridized carbons (Fsp3) is 0.367. The molecule has 1 heterocycles. The van der Waals surface area contributed by atoms with E-state index in [1.807, 2.05) is 48.5 Å². The largest absolute Gasteiger partial charge is 0.490 e. The highest BCUT2D eigenvalue weighted by Gasteiger charge is 2.44. The third kappa shape index (κ3) is 5.99. The third-order valence-electron chi connectivity index (χ3n) is 7.35. The Balaban J connectivity index is 1.24. The van der Waals surface area contributed by atoms with Crippen LogP contribution in [-0.2, 0) is 21.2 Å². The lowest BCUT2D eigenvalue weighted by Crippen LogP contribution is -2.30. The van der Waals surface area contributed by atoms with Crippen molar-refractivity contribution >= 4 is 15.8 Å². The first-order valence-corrected chi connectivity index (χ1v) is 14.5. The number of aryl methyl sites for hydroxylation is 2. The van der Waals surface area contributed by atoms with E-state index in [1.165, 1.54) is 0 Å². The van der Waals surface area contributed by atoms with E-state index in [0.29, 0.717) is 25.9 Å². The van der Waals surface area contributed by atoms with Gasteiger partial charge >= 0.3 is 5.97 Å². The first kappa shape index (κ1) is 25.3. The second kappa shape index (κ2) is 10.2. The molecule has 7 heteroatoms. The van der Waals surface area contributed by atoms with Gasteiger partial charge in [-0.15, -0.1) is 0 Å². The summed E-state index contributed by atoms with van der Waals surface area (Å²) >= 11 is 0. The number of benzene rings is 3. The molecule has 1 saturated heterocycles. The molecule has 1 aliphatic carbocycles. The fourth-order valence-electron chi connectivity index (χ4n) is 5.26. The molecule has 3 aromatic carbocycles. The van der Waals surface area contributed by atoms with Crippen LogP contribution in [0.1, 0.15) is 47.4 Å². The monoisotopic (exact) mass is 520 g/mol. The molecule has 0 amide bonds. The summed E-state index contributed by atoms with van der Waals surface area (Å²) in [4.78, 5) is 11.1. The Kier molecular flexibility index (Phi) is 6.99. The first-order chi connectivity index (χ1) is 17.7. The molecule has 0 radical (unpaired) electrons.